The van der Waals surface area contributed by atoms with Crippen molar-refractivity contribution in [3.05, 3.63) is 18.5 Å². The fraction of sp³-hybridized carbons (Fsp3) is 0.556. The van der Waals surface area contributed by atoms with E-state index >= 15 is 0 Å². The van der Waals surface area contributed by atoms with Gasteiger partial charge in [-0.2, -0.15) is 0 Å². The van der Waals surface area contributed by atoms with Gasteiger partial charge in [0.2, 0.25) is 0 Å². The normalized spacial score (nSPS) is 10.4. The van der Waals surface area contributed by atoms with Crippen molar-refractivity contribution in [1.82, 2.24) is 14.8 Å². The van der Waals surface area contributed by atoms with Crippen LogP contribution in [0.3, 0.4) is 0 Å². The lowest BCUT2D eigenvalue weighted by molar-refractivity contribution is 0.660. The summed E-state index contributed by atoms with van der Waals surface area (Å²) in [5.74, 6) is 1.000. The Morgan fingerprint density at radius 3 is 2.93 bits per heavy atom. The Bertz CT molecular complexity index is 295. The molecule has 0 spiro atoms. The van der Waals surface area contributed by atoms with Crippen molar-refractivity contribution in [3.63, 3.8) is 0 Å². The minimum Gasteiger partial charge on any atom is -0.330 e. The van der Waals surface area contributed by atoms with Crippen LogP contribution >= 0.6 is 11.8 Å². The van der Waals surface area contributed by atoms with Gasteiger partial charge < -0.3 is 10.3 Å². The fourth-order valence-corrected chi connectivity index (χ4v) is 1.75. The van der Waals surface area contributed by atoms with Crippen LogP contribution in [0, 0.1) is 0 Å². The Morgan fingerprint density at radius 1 is 1.57 bits per heavy atom. The third-order valence-electron chi connectivity index (χ3n) is 1.89. The third kappa shape index (κ3) is 2.59. The van der Waals surface area contributed by atoms with E-state index in [4.69, 9.17) is 5.73 Å². The van der Waals surface area contributed by atoms with E-state index in [0.717, 1.165) is 30.4 Å². The molecule has 0 aliphatic carbocycles. The Labute approximate surface area is 88.6 Å². The molecule has 1 heterocycles. The molecule has 78 valence electrons. The predicted octanol–water partition coefficient (Wildman–Crippen LogP) is 1.08. The monoisotopic (exact) mass is 212 g/mol. The lowest BCUT2D eigenvalue weighted by atomic mass is 10.3. The molecule has 0 radical (unpaired) electrons. The maximum atomic E-state index is 5.46. The number of aryl methyl sites for hydroxylation is 1. The van der Waals surface area contributed by atoms with E-state index in [2.05, 4.69) is 21.3 Å². The highest BCUT2D eigenvalue weighted by molar-refractivity contribution is 7.98. The molecule has 4 nitrogen and oxygen atoms in total. The van der Waals surface area contributed by atoms with Gasteiger partial charge in [-0.25, -0.2) is 0 Å². The van der Waals surface area contributed by atoms with Gasteiger partial charge in [0.1, 0.15) is 5.82 Å². The molecule has 1 aromatic rings. The van der Waals surface area contributed by atoms with Crippen LogP contribution < -0.4 is 5.73 Å². The van der Waals surface area contributed by atoms with Gasteiger partial charge in [-0.15, -0.1) is 16.8 Å². The van der Waals surface area contributed by atoms with Gasteiger partial charge in [-0.05, 0) is 19.2 Å². The molecular weight excluding hydrogens is 196 g/mol. The summed E-state index contributed by atoms with van der Waals surface area (Å²) in [5, 5.41) is 9.17. The van der Waals surface area contributed by atoms with Gasteiger partial charge in [-0.1, -0.05) is 17.8 Å². The molecule has 1 rings (SSSR count). The van der Waals surface area contributed by atoms with E-state index in [1.807, 2.05) is 12.3 Å². The second-order valence-corrected chi connectivity index (χ2v) is 3.67. The smallest absolute Gasteiger partial charge is 0.191 e. The van der Waals surface area contributed by atoms with Crippen molar-refractivity contribution in [3.8, 4) is 0 Å². The Morgan fingerprint density at radius 2 is 2.36 bits per heavy atom. The molecule has 0 unspecified atom stereocenters. The highest BCUT2D eigenvalue weighted by atomic mass is 32.2. The second kappa shape index (κ2) is 5.82. The number of allylic oxidation sites excluding steroid dienone is 1. The summed E-state index contributed by atoms with van der Waals surface area (Å²) in [4.78, 5) is 0. The molecule has 2 N–H and O–H groups in total. The zero-order valence-corrected chi connectivity index (χ0v) is 9.26. The molecule has 0 atom stereocenters. The van der Waals surface area contributed by atoms with Gasteiger partial charge >= 0.3 is 0 Å². The number of aromatic nitrogens is 3. The predicted molar refractivity (Wildman–Crippen MR) is 59.4 cm³/mol. The zero-order valence-electron chi connectivity index (χ0n) is 8.44. The van der Waals surface area contributed by atoms with Crippen molar-refractivity contribution in [1.29, 1.82) is 0 Å². The zero-order chi connectivity index (χ0) is 10.4. The van der Waals surface area contributed by atoms with Crippen LogP contribution in [0.2, 0.25) is 0 Å². The summed E-state index contributed by atoms with van der Waals surface area (Å²) in [6, 6.07) is 0. The minimum absolute atomic E-state index is 0.690. The molecule has 0 saturated heterocycles. The molecular formula is C9H16N4S. The largest absolute Gasteiger partial charge is 0.330 e. The maximum absolute atomic E-state index is 5.46. The molecule has 0 aliphatic rings. The molecule has 0 aliphatic heterocycles. The number of hydrogen-bond donors (Lipinski definition) is 1. The summed E-state index contributed by atoms with van der Waals surface area (Å²) in [6.07, 6.45) is 5.69. The highest BCUT2D eigenvalue weighted by Gasteiger charge is 2.08. The number of hydrogen-bond acceptors (Lipinski definition) is 4. The lowest BCUT2D eigenvalue weighted by Gasteiger charge is -2.05. The number of nitrogens with zero attached hydrogens (tertiary/aromatic N) is 3. The van der Waals surface area contributed by atoms with Crippen LogP contribution in [0.4, 0.5) is 0 Å². The topological polar surface area (TPSA) is 56.7 Å². The van der Waals surface area contributed by atoms with Gasteiger partial charge in [0.05, 0.1) is 0 Å². The summed E-state index contributed by atoms with van der Waals surface area (Å²) in [7, 11) is 0. The first-order valence-corrected chi connectivity index (χ1v) is 5.83. The summed E-state index contributed by atoms with van der Waals surface area (Å²) in [5.41, 5.74) is 5.46. The average Bonchev–Trinajstić information content (AvgIpc) is 2.58. The first kappa shape index (κ1) is 11.3. The second-order valence-electron chi connectivity index (χ2n) is 2.89. The maximum Gasteiger partial charge on any atom is 0.191 e. The number of thioether (sulfide) groups is 1. The first-order chi connectivity index (χ1) is 6.83. The molecule has 0 aromatic carbocycles. The standard InChI is InChI=1S/C9H16N4S/c1-3-7-13-8(5-4-6-10)11-12-9(13)14-2/h3H,1,4-7,10H2,2H3. The molecule has 0 bridgehead atoms. The van der Waals surface area contributed by atoms with E-state index in [1.165, 1.54) is 0 Å². The highest BCUT2D eigenvalue weighted by Crippen LogP contribution is 2.14. The molecule has 1 aromatic heterocycles. The van der Waals surface area contributed by atoms with Crippen molar-refractivity contribution >= 4 is 11.8 Å². The summed E-state index contributed by atoms with van der Waals surface area (Å²) >= 11 is 1.60. The third-order valence-corrected chi connectivity index (χ3v) is 2.56. The van der Waals surface area contributed by atoms with Crippen molar-refractivity contribution in [2.45, 2.75) is 24.5 Å². The number of nitrogens with two attached hydrogens (primary N) is 1. The molecule has 14 heavy (non-hydrogen) atoms. The first-order valence-electron chi connectivity index (χ1n) is 4.60. The summed E-state index contributed by atoms with van der Waals surface area (Å²) < 4.78 is 2.08. The minimum atomic E-state index is 0.690. The fourth-order valence-electron chi connectivity index (χ4n) is 1.23. The molecule has 0 amide bonds. The molecule has 0 saturated carbocycles. The molecule has 5 heteroatoms. The van der Waals surface area contributed by atoms with Crippen LogP contribution in [0.15, 0.2) is 17.8 Å². The van der Waals surface area contributed by atoms with E-state index in [0.29, 0.717) is 6.54 Å². The molecule has 0 fully saturated rings. The van der Waals surface area contributed by atoms with E-state index < -0.39 is 0 Å². The van der Waals surface area contributed by atoms with E-state index in [1.54, 1.807) is 11.8 Å². The van der Waals surface area contributed by atoms with Crippen molar-refractivity contribution in [2.24, 2.45) is 5.73 Å². The SMILES string of the molecule is C=CCn1c(CCCN)nnc1SC. The van der Waals surface area contributed by atoms with Crippen LogP contribution in [-0.2, 0) is 13.0 Å². The van der Waals surface area contributed by atoms with Crippen LogP contribution in [0.25, 0.3) is 0 Å². The van der Waals surface area contributed by atoms with Crippen LogP contribution in [0.5, 0.6) is 0 Å². The Balaban J connectivity index is 2.80. The van der Waals surface area contributed by atoms with Crippen LogP contribution in [-0.4, -0.2) is 27.6 Å². The van der Waals surface area contributed by atoms with E-state index in [9.17, 15) is 0 Å². The van der Waals surface area contributed by atoms with Gasteiger partial charge in [0, 0.05) is 13.0 Å². The lowest BCUT2D eigenvalue weighted by Crippen LogP contribution is -2.07. The van der Waals surface area contributed by atoms with Crippen molar-refractivity contribution in [2.75, 3.05) is 12.8 Å². The van der Waals surface area contributed by atoms with Gasteiger partial charge in [0.25, 0.3) is 0 Å². The van der Waals surface area contributed by atoms with E-state index in [-0.39, 0.29) is 0 Å². The van der Waals surface area contributed by atoms with Crippen LogP contribution in [0.1, 0.15) is 12.2 Å². The Kier molecular flexibility index (Phi) is 4.69. The number of rotatable bonds is 6. The average molecular weight is 212 g/mol. The summed E-state index contributed by atoms with van der Waals surface area (Å²) in [6.45, 7) is 5.18. The van der Waals surface area contributed by atoms with Crippen molar-refractivity contribution < 1.29 is 0 Å². The van der Waals surface area contributed by atoms with Gasteiger partial charge in [-0.3, -0.25) is 0 Å². The quantitative estimate of drug-likeness (QED) is 0.566. The van der Waals surface area contributed by atoms with Gasteiger partial charge in [0.15, 0.2) is 5.16 Å². The Hall–Kier alpha value is -0.810.